The van der Waals surface area contributed by atoms with Crippen molar-refractivity contribution >= 4 is 35.8 Å². The summed E-state index contributed by atoms with van der Waals surface area (Å²) in [5, 5.41) is 3.73. The van der Waals surface area contributed by atoms with Crippen LogP contribution in [-0.2, 0) is 9.59 Å². The maximum Gasteiger partial charge on any atom is 0.406 e. The minimum absolute atomic E-state index is 0. The Morgan fingerprint density at radius 3 is 2.67 bits per heavy atom. The van der Waals surface area contributed by atoms with Gasteiger partial charge < -0.3 is 15.1 Å². The van der Waals surface area contributed by atoms with Crippen LogP contribution in [0.4, 0.5) is 13.2 Å². The van der Waals surface area contributed by atoms with Crippen LogP contribution in [0.2, 0.25) is 5.02 Å². The van der Waals surface area contributed by atoms with Gasteiger partial charge in [0.15, 0.2) is 0 Å². The first kappa shape index (κ1) is 21.8. The van der Waals surface area contributed by atoms with Crippen molar-refractivity contribution in [1.82, 2.24) is 15.1 Å². The second kappa shape index (κ2) is 8.67. The Morgan fingerprint density at radius 2 is 2.00 bits per heavy atom. The molecule has 0 aliphatic carbocycles. The molecular formula is C17H20Cl2F3N3O2. The molecule has 1 N–H and O–H groups in total. The predicted molar refractivity (Wildman–Crippen MR) is 96.8 cm³/mol. The van der Waals surface area contributed by atoms with Crippen LogP contribution in [0, 0.1) is 5.92 Å². The fraction of sp³-hybridized carbons (Fsp3) is 0.529. The first-order chi connectivity index (χ1) is 12.3. The molecule has 0 bridgehead atoms. The number of amides is 2. The van der Waals surface area contributed by atoms with Gasteiger partial charge in [-0.25, -0.2) is 0 Å². The molecule has 2 heterocycles. The molecule has 150 valence electrons. The maximum atomic E-state index is 12.9. The standard InChI is InChI=1S/C17H19ClF3N3O2.ClH/c18-13-4-2-1-3-12(13)14-8-22-5-6-24(14)16(26)11-7-15(25)23(9-11)10-17(19,20)21;/h1-4,11,14,22H,5-10H2;1H. The van der Waals surface area contributed by atoms with Crippen molar-refractivity contribution in [1.29, 1.82) is 0 Å². The molecule has 5 nitrogen and oxygen atoms in total. The summed E-state index contributed by atoms with van der Waals surface area (Å²) in [4.78, 5) is 27.2. The zero-order valence-electron chi connectivity index (χ0n) is 14.3. The second-order valence-electron chi connectivity index (χ2n) is 6.56. The first-order valence-corrected chi connectivity index (χ1v) is 8.74. The molecule has 3 rings (SSSR count). The highest BCUT2D eigenvalue weighted by atomic mass is 35.5. The van der Waals surface area contributed by atoms with Crippen LogP contribution in [-0.4, -0.2) is 60.5 Å². The maximum absolute atomic E-state index is 12.9. The van der Waals surface area contributed by atoms with Gasteiger partial charge in [-0.15, -0.1) is 12.4 Å². The summed E-state index contributed by atoms with van der Waals surface area (Å²) in [6, 6.07) is 6.87. The molecule has 0 saturated carbocycles. The van der Waals surface area contributed by atoms with Gasteiger partial charge in [-0.05, 0) is 11.6 Å². The number of rotatable bonds is 3. The molecule has 1 aromatic carbocycles. The lowest BCUT2D eigenvalue weighted by Crippen LogP contribution is -2.51. The lowest BCUT2D eigenvalue weighted by Gasteiger charge is -2.38. The lowest BCUT2D eigenvalue weighted by atomic mass is 9.99. The van der Waals surface area contributed by atoms with Gasteiger partial charge in [0.05, 0.1) is 12.0 Å². The number of likely N-dealkylation sites (tertiary alicyclic amines) is 1. The van der Waals surface area contributed by atoms with Gasteiger partial charge in [0.25, 0.3) is 0 Å². The van der Waals surface area contributed by atoms with E-state index in [9.17, 15) is 22.8 Å². The summed E-state index contributed by atoms with van der Waals surface area (Å²) in [5.41, 5.74) is 0.784. The number of carbonyl (C=O) groups excluding carboxylic acids is 2. The molecule has 10 heteroatoms. The SMILES string of the molecule is Cl.O=C1CC(C(=O)N2CCNCC2c2ccccc2Cl)CN1CC(F)(F)F. The monoisotopic (exact) mass is 425 g/mol. The zero-order chi connectivity index (χ0) is 18.9. The average molecular weight is 426 g/mol. The molecule has 2 amide bonds. The third-order valence-corrected chi connectivity index (χ3v) is 5.07. The molecule has 27 heavy (non-hydrogen) atoms. The summed E-state index contributed by atoms with van der Waals surface area (Å²) in [7, 11) is 0. The summed E-state index contributed by atoms with van der Waals surface area (Å²) in [5.74, 6) is -1.69. The Bertz CT molecular complexity index is 702. The van der Waals surface area contributed by atoms with E-state index < -0.39 is 24.5 Å². The van der Waals surface area contributed by atoms with E-state index >= 15 is 0 Å². The number of carbonyl (C=O) groups is 2. The van der Waals surface area contributed by atoms with Crippen molar-refractivity contribution < 1.29 is 22.8 Å². The van der Waals surface area contributed by atoms with Gasteiger partial charge in [-0.2, -0.15) is 13.2 Å². The number of piperazine rings is 1. The smallest absolute Gasteiger partial charge is 0.333 e. The molecule has 2 saturated heterocycles. The molecule has 0 aromatic heterocycles. The summed E-state index contributed by atoms with van der Waals surface area (Å²) in [6.45, 7) is -0.0117. The molecule has 2 fully saturated rings. The van der Waals surface area contributed by atoms with Crippen LogP contribution >= 0.6 is 24.0 Å². The fourth-order valence-corrected chi connectivity index (χ4v) is 3.79. The van der Waals surface area contributed by atoms with Crippen LogP contribution in [0.15, 0.2) is 24.3 Å². The quantitative estimate of drug-likeness (QED) is 0.809. The van der Waals surface area contributed by atoms with Crippen LogP contribution in [0.3, 0.4) is 0 Å². The first-order valence-electron chi connectivity index (χ1n) is 8.36. The van der Waals surface area contributed by atoms with Crippen LogP contribution in [0.25, 0.3) is 0 Å². The Hall–Kier alpha value is -1.51. The molecule has 2 aliphatic rings. The number of hydrogen-bond donors (Lipinski definition) is 1. The van der Waals surface area contributed by atoms with Crippen molar-refractivity contribution in [3.05, 3.63) is 34.9 Å². The number of nitrogens with zero attached hydrogens (tertiary/aromatic N) is 2. The third-order valence-electron chi connectivity index (χ3n) is 4.72. The Kier molecular flexibility index (Phi) is 6.99. The van der Waals surface area contributed by atoms with Crippen molar-refractivity contribution in [2.24, 2.45) is 5.92 Å². The molecular weight excluding hydrogens is 406 g/mol. The summed E-state index contributed by atoms with van der Waals surface area (Å²) < 4.78 is 37.7. The average Bonchev–Trinajstić information content (AvgIpc) is 2.94. The predicted octanol–water partition coefficient (Wildman–Crippen LogP) is 2.65. The fourth-order valence-electron chi connectivity index (χ4n) is 3.53. The number of benzene rings is 1. The highest BCUT2D eigenvalue weighted by molar-refractivity contribution is 6.31. The van der Waals surface area contributed by atoms with Crippen LogP contribution < -0.4 is 5.32 Å². The van der Waals surface area contributed by atoms with E-state index in [1.807, 2.05) is 12.1 Å². The van der Waals surface area contributed by atoms with Gasteiger partial charge in [-0.3, -0.25) is 9.59 Å². The van der Waals surface area contributed by atoms with Gasteiger partial charge in [0.2, 0.25) is 11.8 Å². The largest absolute Gasteiger partial charge is 0.406 e. The lowest BCUT2D eigenvalue weighted by molar-refractivity contribution is -0.157. The number of alkyl halides is 3. The van der Waals surface area contributed by atoms with Gasteiger partial charge in [0, 0.05) is 37.6 Å². The second-order valence-corrected chi connectivity index (χ2v) is 6.97. The molecule has 1 aromatic rings. The van der Waals surface area contributed by atoms with Crippen molar-refractivity contribution in [2.45, 2.75) is 18.6 Å². The summed E-state index contributed by atoms with van der Waals surface area (Å²) in [6.07, 6.45) is -4.66. The number of hydrogen-bond acceptors (Lipinski definition) is 3. The Balaban J connectivity index is 0.00000261. The zero-order valence-corrected chi connectivity index (χ0v) is 15.9. The Labute approximate surface area is 166 Å². The van der Waals surface area contributed by atoms with Crippen LogP contribution in [0.5, 0.6) is 0 Å². The Morgan fingerprint density at radius 1 is 1.30 bits per heavy atom. The molecule has 2 unspecified atom stereocenters. The van der Waals surface area contributed by atoms with Crippen molar-refractivity contribution in [3.63, 3.8) is 0 Å². The van der Waals surface area contributed by atoms with Gasteiger partial charge in [0.1, 0.15) is 6.54 Å². The minimum atomic E-state index is -4.47. The van der Waals surface area contributed by atoms with Gasteiger partial charge in [-0.1, -0.05) is 29.8 Å². The highest BCUT2D eigenvalue weighted by Gasteiger charge is 2.43. The topological polar surface area (TPSA) is 52.7 Å². The molecule has 0 spiro atoms. The van der Waals surface area contributed by atoms with E-state index in [1.54, 1.807) is 17.0 Å². The third kappa shape index (κ3) is 5.06. The molecule has 2 aliphatic heterocycles. The summed E-state index contributed by atoms with van der Waals surface area (Å²) >= 11 is 6.25. The van der Waals surface area contributed by atoms with E-state index in [0.29, 0.717) is 24.7 Å². The van der Waals surface area contributed by atoms with Gasteiger partial charge >= 0.3 is 6.18 Å². The normalized spacial score (nSPS) is 23.3. The van der Waals surface area contributed by atoms with E-state index in [-0.39, 0.29) is 37.3 Å². The van der Waals surface area contributed by atoms with E-state index in [4.69, 9.17) is 11.6 Å². The van der Waals surface area contributed by atoms with Crippen molar-refractivity contribution in [3.8, 4) is 0 Å². The van der Waals surface area contributed by atoms with E-state index in [1.165, 1.54) is 0 Å². The molecule has 0 radical (unpaired) electrons. The minimum Gasteiger partial charge on any atom is -0.333 e. The molecule has 2 atom stereocenters. The highest BCUT2D eigenvalue weighted by Crippen LogP contribution is 2.32. The van der Waals surface area contributed by atoms with E-state index in [0.717, 1.165) is 10.5 Å². The number of nitrogens with one attached hydrogen (secondary N) is 1. The van der Waals surface area contributed by atoms with Crippen LogP contribution in [0.1, 0.15) is 18.0 Å². The number of halogens is 5. The van der Waals surface area contributed by atoms with Crippen molar-refractivity contribution in [2.75, 3.05) is 32.7 Å². The van der Waals surface area contributed by atoms with E-state index in [2.05, 4.69) is 5.32 Å².